The Hall–Kier alpha value is -1.10. The third-order valence-electron chi connectivity index (χ3n) is 2.75. The average Bonchev–Trinajstić information content (AvgIpc) is 2.81. The maximum absolute atomic E-state index is 5.92. The van der Waals surface area contributed by atoms with Crippen molar-refractivity contribution in [3.63, 3.8) is 0 Å². The van der Waals surface area contributed by atoms with Crippen molar-refractivity contribution in [3.8, 4) is 0 Å². The molecule has 0 atom stereocenters. The van der Waals surface area contributed by atoms with E-state index >= 15 is 0 Å². The van der Waals surface area contributed by atoms with Gasteiger partial charge in [-0.2, -0.15) is 0 Å². The average molecular weight is 354 g/mol. The Bertz CT molecular complexity index is 726. The smallest absolute Gasteiger partial charge is 0.0934 e. The van der Waals surface area contributed by atoms with Crippen LogP contribution in [0.1, 0.15) is 4.88 Å². The molecule has 19 heavy (non-hydrogen) atoms. The molecule has 0 aliphatic carbocycles. The number of nitrogens with zero attached hydrogens (tertiary/aromatic N) is 1. The molecule has 2 nitrogen and oxygen atoms in total. The summed E-state index contributed by atoms with van der Waals surface area (Å²) in [4.78, 5) is 5.67. The normalized spacial score (nSPS) is 10.8. The van der Waals surface area contributed by atoms with Crippen LogP contribution in [-0.2, 0) is 6.54 Å². The van der Waals surface area contributed by atoms with Crippen molar-refractivity contribution in [2.45, 2.75) is 6.54 Å². The van der Waals surface area contributed by atoms with E-state index in [0.29, 0.717) is 0 Å². The Labute approximate surface area is 128 Å². The van der Waals surface area contributed by atoms with E-state index in [1.54, 1.807) is 11.3 Å². The lowest BCUT2D eigenvalue weighted by atomic mass is 10.2. The minimum Gasteiger partial charge on any atom is -0.378 e. The number of rotatable bonds is 3. The van der Waals surface area contributed by atoms with Crippen LogP contribution < -0.4 is 5.32 Å². The van der Waals surface area contributed by atoms with Crippen LogP contribution in [0.2, 0.25) is 5.02 Å². The first-order chi connectivity index (χ1) is 9.22. The van der Waals surface area contributed by atoms with Gasteiger partial charge in [0.15, 0.2) is 0 Å². The van der Waals surface area contributed by atoms with Gasteiger partial charge in [0.1, 0.15) is 0 Å². The quantitative estimate of drug-likeness (QED) is 0.689. The number of hydrogen-bond donors (Lipinski definition) is 1. The second kappa shape index (κ2) is 5.49. The fraction of sp³-hybridized carbons (Fsp3) is 0.0714. The van der Waals surface area contributed by atoms with Gasteiger partial charge < -0.3 is 5.32 Å². The highest BCUT2D eigenvalue weighted by molar-refractivity contribution is 9.10. The van der Waals surface area contributed by atoms with E-state index in [1.165, 1.54) is 4.88 Å². The Kier molecular flexibility index (Phi) is 3.73. The molecular formula is C14H10BrClN2S. The molecule has 0 spiro atoms. The first kappa shape index (κ1) is 12.9. The van der Waals surface area contributed by atoms with Gasteiger partial charge in [0.05, 0.1) is 16.2 Å². The maximum Gasteiger partial charge on any atom is 0.0934 e. The molecule has 0 saturated carbocycles. The number of pyridine rings is 1. The van der Waals surface area contributed by atoms with E-state index in [1.807, 2.05) is 29.8 Å². The van der Waals surface area contributed by atoms with E-state index in [0.717, 1.165) is 32.6 Å². The number of nitrogens with one attached hydrogen (secondary N) is 1. The zero-order valence-corrected chi connectivity index (χ0v) is 13.0. The summed E-state index contributed by atoms with van der Waals surface area (Å²) in [6.07, 6.45) is 1.82. The molecule has 0 aliphatic heterocycles. The third kappa shape index (κ3) is 2.91. The van der Waals surface area contributed by atoms with Gasteiger partial charge in [-0.15, -0.1) is 11.3 Å². The second-order valence-electron chi connectivity index (χ2n) is 4.12. The van der Waals surface area contributed by atoms with Crippen molar-refractivity contribution in [2.24, 2.45) is 0 Å². The van der Waals surface area contributed by atoms with E-state index in [-0.39, 0.29) is 0 Å². The summed E-state index contributed by atoms with van der Waals surface area (Å²) in [5.41, 5.74) is 2.02. The van der Waals surface area contributed by atoms with Crippen LogP contribution in [0.25, 0.3) is 10.9 Å². The van der Waals surface area contributed by atoms with Crippen LogP contribution in [0.15, 0.2) is 46.4 Å². The van der Waals surface area contributed by atoms with Gasteiger partial charge in [0.2, 0.25) is 0 Å². The van der Waals surface area contributed by atoms with Crippen LogP contribution >= 0.6 is 38.9 Å². The fourth-order valence-corrected chi connectivity index (χ4v) is 3.27. The van der Waals surface area contributed by atoms with Crippen molar-refractivity contribution >= 4 is 55.5 Å². The maximum atomic E-state index is 5.92. The van der Waals surface area contributed by atoms with Crippen LogP contribution in [0.4, 0.5) is 5.69 Å². The summed E-state index contributed by atoms with van der Waals surface area (Å²) in [6, 6.07) is 10.2. The molecule has 2 heterocycles. The van der Waals surface area contributed by atoms with E-state index in [2.05, 4.69) is 38.4 Å². The Balaban J connectivity index is 1.88. The number of thiophene rings is 1. The molecule has 0 saturated heterocycles. The van der Waals surface area contributed by atoms with Crippen molar-refractivity contribution in [2.75, 3.05) is 5.32 Å². The monoisotopic (exact) mass is 352 g/mol. The van der Waals surface area contributed by atoms with Gasteiger partial charge >= 0.3 is 0 Å². The summed E-state index contributed by atoms with van der Waals surface area (Å²) in [6.45, 7) is 0.758. The van der Waals surface area contributed by atoms with Gasteiger partial charge in [0, 0.05) is 32.9 Å². The number of hydrogen-bond acceptors (Lipinski definition) is 3. The molecule has 2 aromatic heterocycles. The highest BCUT2D eigenvalue weighted by atomic mass is 79.9. The van der Waals surface area contributed by atoms with Crippen molar-refractivity contribution in [3.05, 3.63) is 56.3 Å². The molecular weight excluding hydrogens is 344 g/mol. The number of benzene rings is 1. The molecule has 96 valence electrons. The van der Waals surface area contributed by atoms with Crippen LogP contribution in [0, 0.1) is 0 Å². The van der Waals surface area contributed by atoms with Gasteiger partial charge in [-0.1, -0.05) is 23.7 Å². The van der Waals surface area contributed by atoms with Gasteiger partial charge in [-0.05, 0) is 34.1 Å². The second-order valence-corrected chi connectivity index (χ2v) is 6.46. The summed E-state index contributed by atoms with van der Waals surface area (Å²) in [5.74, 6) is 0. The summed E-state index contributed by atoms with van der Waals surface area (Å²) in [7, 11) is 0. The van der Waals surface area contributed by atoms with Crippen LogP contribution in [0.3, 0.4) is 0 Å². The van der Waals surface area contributed by atoms with Crippen LogP contribution in [0.5, 0.6) is 0 Å². The summed E-state index contributed by atoms with van der Waals surface area (Å²) in [5, 5.41) is 7.26. The minimum atomic E-state index is 0.758. The zero-order valence-electron chi connectivity index (χ0n) is 9.86. The first-order valence-corrected chi connectivity index (χ1v) is 7.78. The number of fused-ring (bicyclic) bond motifs is 1. The minimum absolute atomic E-state index is 0.758. The summed E-state index contributed by atoms with van der Waals surface area (Å²) >= 11 is 11.0. The van der Waals surface area contributed by atoms with Gasteiger partial charge in [0.25, 0.3) is 0 Å². The summed E-state index contributed by atoms with van der Waals surface area (Å²) < 4.78 is 0.988. The lowest BCUT2D eigenvalue weighted by molar-refractivity contribution is 1.19. The van der Waals surface area contributed by atoms with E-state index < -0.39 is 0 Å². The molecule has 0 bridgehead atoms. The molecule has 0 unspecified atom stereocenters. The molecule has 0 fully saturated rings. The Morgan fingerprint density at radius 2 is 2.21 bits per heavy atom. The third-order valence-corrected chi connectivity index (χ3v) is 4.47. The molecule has 0 amide bonds. The largest absolute Gasteiger partial charge is 0.378 e. The SMILES string of the molecule is Clc1csc(CNc2cccc3cc(Br)cnc23)c1. The molecule has 0 aliphatic rings. The molecule has 3 rings (SSSR count). The lowest BCUT2D eigenvalue weighted by Crippen LogP contribution is -1.98. The number of para-hydroxylation sites is 1. The number of anilines is 1. The van der Waals surface area contributed by atoms with Gasteiger partial charge in [-0.25, -0.2) is 0 Å². The molecule has 1 aromatic carbocycles. The number of halogens is 2. The fourth-order valence-electron chi connectivity index (χ4n) is 1.91. The van der Waals surface area contributed by atoms with Crippen molar-refractivity contribution < 1.29 is 0 Å². The van der Waals surface area contributed by atoms with Crippen LogP contribution in [-0.4, -0.2) is 4.98 Å². The standard InChI is InChI=1S/C14H10BrClN2S/c15-10-4-9-2-1-3-13(14(9)18-6-10)17-7-12-5-11(16)8-19-12/h1-6,8,17H,7H2. The van der Waals surface area contributed by atoms with E-state index in [9.17, 15) is 0 Å². The number of aromatic nitrogens is 1. The lowest BCUT2D eigenvalue weighted by Gasteiger charge is -2.08. The Morgan fingerprint density at radius 1 is 1.32 bits per heavy atom. The predicted octanol–water partition coefficient (Wildman–Crippen LogP) is 5.32. The topological polar surface area (TPSA) is 24.9 Å². The molecule has 0 radical (unpaired) electrons. The van der Waals surface area contributed by atoms with Crippen molar-refractivity contribution in [1.82, 2.24) is 4.98 Å². The zero-order chi connectivity index (χ0) is 13.2. The molecule has 3 aromatic rings. The predicted molar refractivity (Wildman–Crippen MR) is 86.1 cm³/mol. The molecule has 1 N–H and O–H groups in total. The van der Waals surface area contributed by atoms with Crippen molar-refractivity contribution in [1.29, 1.82) is 0 Å². The van der Waals surface area contributed by atoms with E-state index in [4.69, 9.17) is 11.6 Å². The highest BCUT2D eigenvalue weighted by Crippen LogP contribution is 2.25. The molecule has 5 heteroatoms. The van der Waals surface area contributed by atoms with Gasteiger partial charge in [-0.3, -0.25) is 4.98 Å². The highest BCUT2D eigenvalue weighted by Gasteiger charge is 2.03. The Morgan fingerprint density at radius 3 is 3.00 bits per heavy atom. The first-order valence-electron chi connectivity index (χ1n) is 5.73.